The summed E-state index contributed by atoms with van der Waals surface area (Å²) in [5.41, 5.74) is 2.45. The van der Waals surface area contributed by atoms with Gasteiger partial charge in [0.25, 0.3) is 0 Å². The quantitative estimate of drug-likeness (QED) is 0.767. The molecule has 2 aromatic rings. The van der Waals surface area contributed by atoms with Gasteiger partial charge in [0.15, 0.2) is 0 Å². The summed E-state index contributed by atoms with van der Waals surface area (Å²) in [6.45, 7) is 12.0. The molecule has 0 aliphatic carbocycles. The zero-order chi connectivity index (χ0) is 17.3. The molecule has 0 N–H and O–H groups in total. The van der Waals surface area contributed by atoms with E-state index in [1.807, 2.05) is 51.1 Å². The molecule has 1 heterocycles. The van der Waals surface area contributed by atoms with Crippen LogP contribution in [0.2, 0.25) is 0 Å². The molecule has 0 aliphatic rings. The fraction of sp³-hybridized carbons (Fsp3) is 0.450. The van der Waals surface area contributed by atoms with Crippen molar-refractivity contribution in [3.63, 3.8) is 0 Å². The van der Waals surface area contributed by atoms with Crippen molar-refractivity contribution >= 4 is 6.09 Å². The molecule has 0 amide bonds. The summed E-state index contributed by atoms with van der Waals surface area (Å²) in [6, 6.07) is 14.2. The van der Waals surface area contributed by atoms with Crippen molar-refractivity contribution in [2.75, 3.05) is 0 Å². The maximum Gasteiger partial charge on any atom is 0.418 e. The fourth-order valence-corrected chi connectivity index (χ4v) is 2.53. The number of hydrogen-bond donors (Lipinski definition) is 0. The highest BCUT2D eigenvalue weighted by atomic mass is 16.6. The van der Waals surface area contributed by atoms with Crippen LogP contribution in [0.15, 0.2) is 42.5 Å². The van der Waals surface area contributed by atoms with Crippen molar-refractivity contribution in [2.45, 2.75) is 59.0 Å². The van der Waals surface area contributed by atoms with Crippen molar-refractivity contribution in [1.82, 2.24) is 4.57 Å². The number of aromatic nitrogens is 1. The second kappa shape index (κ2) is 6.23. The van der Waals surface area contributed by atoms with Gasteiger partial charge in [0.2, 0.25) is 0 Å². The van der Waals surface area contributed by atoms with Crippen LogP contribution in [-0.4, -0.2) is 16.3 Å². The number of hydrogen-bond acceptors (Lipinski definition) is 2. The molecular formula is C20H27NO2. The Labute approximate surface area is 139 Å². The van der Waals surface area contributed by atoms with Gasteiger partial charge >= 0.3 is 6.09 Å². The van der Waals surface area contributed by atoms with Crippen LogP contribution in [0.3, 0.4) is 0 Å². The van der Waals surface area contributed by atoms with Gasteiger partial charge in [-0.05, 0) is 38.5 Å². The van der Waals surface area contributed by atoms with Crippen LogP contribution in [0.4, 0.5) is 4.79 Å². The summed E-state index contributed by atoms with van der Waals surface area (Å²) < 4.78 is 7.35. The molecule has 1 aromatic carbocycles. The van der Waals surface area contributed by atoms with Crippen LogP contribution >= 0.6 is 0 Å². The first-order valence-electron chi connectivity index (χ1n) is 8.06. The van der Waals surface area contributed by atoms with E-state index in [0.29, 0.717) is 6.42 Å². The highest BCUT2D eigenvalue weighted by Gasteiger charge is 2.27. The van der Waals surface area contributed by atoms with Crippen molar-refractivity contribution in [1.29, 1.82) is 0 Å². The molecule has 0 saturated carbocycles. The second-order valence-electron chi connectivity index (χ2n) is 7.94. The third-order valence-corrected chi connectivity index (χ3v) is 3.53. The number of carbonyl (C=O) groups excluding carboxylic acids is 1. The van der Waals surface area contributed by atoms with Crippen molar-refractivity contribution in [2.24, 2.45) is 0 Å². The van der Waals surface area contributed by atoms with Crippen molar-refractivity contribution in [3.05, 3.63) is 59.4 Å². The molecule has 1 aromatic heterocycles. The van der Waals surface area contributed by atoms with Crippen LogP contribution in [0.1, 0.15) is 58.5 Å². The fourth-order valence-electron chi connectivity index (χ4n) is 2.53. The maximum absolute atomic E-state index is 12.7. The predicted molar refractivity (Wildman–Crippen MR) is 94.0 cm³/mol. The molecule has 23 heavy (non-hydrogen) atoms. The van der Waals surface area contributed by atoms with E-state index in [9.17, 15) is 4.79 Å². The minimum Gasteiger partial charge on any atom is -0.443 e. The molecule has 3 heteroatoms. The van der Waals surface area contributed by atoms with Crippen LogP contribution in [0.25, 0.3) is 0 Å². The molecule has 124 valence electrons. The standard InChI is InChI=1S/C20H27NO2/c1-19(2,3)17-13-12-16(14-15-10-8-7-9-11-15)21(17)18(22)23-20(4,5)6/h7-13H,14H2,1-6H3. The van der Waals surface area contributed by atoms with Gasteiger partial charge in [-0.15, -0.1) is 0 Å². The average Bonchev–Trinajstić information content (AvgIpc) is 2.81. The molecule has 0 radical (unpaired) electrons. The highest BCUT2D eigenvalue weighted by molar-refractivity contribution is 5.74. The van der Waals surface area contributed by atoms with E-state index in [0.717, 1.165) is 11.4 Å². The normalized spacial score (nSPS) is 12.3. The first-order chi connectivity index (χ1) is 10.6. The summed E-state index contributed by atoms with van der Waals surface area (Å²) in [7, 11) is 0. The Morgan fingerprint density at radius 3 is 2.09 bits per heavy atom. The Kier molecular flexibility index (Phi) is 4.69. The number of nitrogens with zero attached hydrogens (tertiary/aromatic N) is 1. The maximum atomic E-state index is 12.7. The molecule has 0 spiro atoms. The highest BCUT2D eigenvalue weighted by Crippen LogP contribution is 2.27. The summed E-state index contributed by atoms with van der Waals surface area (Å²) in [4.78, 5) is 12.7. The molecular weight excluding hydrogens is 286 g/mol. The largest absolute Gasteiger partial charge is 0.443 e. The van der Waals surface area contributed by atoms with E-state index >= 15 is 0 Å². The lowest BCUT2D eigenvalue weighted by Crippen LogP contribution is -2.31. The lowest BCUT2D eigenvalue weighted by molar-refractivity contribution is 0.0524. The van der Waals surface area contributed by atoms with Gasteiger partial charge in [-0.1, -0.05) is 51.1 Å². The summed E-state index contributed by atoms with van der Waals surface area (Å²) >= 11 is 0. The van der Waals surface area contributed by atoms with Gasteiger partial charge in [0.05, 0.1) is 0 Å². The minimum atomic E-state index is -0.513. The number of rotatable bonds is 2. The summed E-state index contributed by atoms with van der Waals surface area (Å²) in [6.07, 6.45) is 0.397. The van der Waals surface area contributed by atoms with E-state index in [4.69, 9.17) is 4.74 Å². The first kappa shape index (κ1) is 17.3. The topological polar surface area (TPSA) is 31.2 Å². The van der Waals surface area contributed by atoms with E-state index in [-0.39, 0.29) is 11.5 Å². The van der Waals surface area contributed by atoms with Gasteiger partial charge in [-0.25, -0.2) is 4.79 Å². The average molecular weight is 313 g/mol. The van der Waals surface area contributed by atoms with E-state index < -0.39 is 5.60 Å². The van der Waals surface area contributed by atoms with Crippen LogP contribution < -0.4 is 0 Å². The van der Waals surface area contributed by atoms with Gasteiger partial charge in [0, 0.05) is 23.2 Å². The molecule has 2 rings (SSSR count). The van der Waals surface area contributed by atoms with Crippen molar-refractivity contribution in [3.8, 4) is 0 Å². The Bertz CT molecular complexity index is 670. The summed E-state index contributed by atoms with van der Waals surface area (Å²) in [5.74, 6) is 0. The Hall–Kier alpha value is -2.03. The Morgan fingerprint density at radius 2 is 1.57 bits per heavy atom. The van der Waals surface area contributed by atoms with Gasteiger partial charge in [-0.3, -0.25) is 4.57 Å². The zero-order valence-corrected chi connectivity index (χ0v) is 15.0. The Balaban J connectivity index is 2.43. The second-order valence-corrected chi connectivity index (χ2v) is 7.94. The molecule has 0 aliphatic heterocycles. The van der Waals surface area contributed by atoms with Crippen LogP contribution in [0, 0.1) is 0 Å². The first-order valence-corrected chi connectivity index (χ1v) is 8.06. The third kappa shape index (κ3) is 4.47. The monoisotopic (exact) mass is 313 g/mol. The zero-order valence-electron chi connectivity index (χ0n) is 15.0. The number of benzene rings is 1. The molecule has 0 bridgehead atoms. The third-order valence-electron chi connectivity index (χ3n) is 3.53. The van der Waals surface area contributed by atoms with E-state index in [2.05, 4.69) is 32.9 Å². The summed E-state index contributed by atoms with van der Waals surface area (Å²) in [5, 5.41) is 0. The molecule has 0 atom stereocenters. The molecule has 0 saturated heterocycles. The van der Waals surface area contributed by atoms with E-state index in [1.165, 1.54) is 5.56 Å². The number of ether oxygens (including phenoxy) is 1. The van der Waals surface area contributed by atoms with Gasteiger partial charge < -0.3 is 4.74 Å². The smallest absolute Gasteiger partial charge is 0.418 e. The molecule has 0 fully saturated rings. The van der Waals surface area contributed by atoms with Crippen LogP contribution in [-0.2, 0) is 16.6 Å². The van der Waals surface area contributed by atoms with Gasteiger partial charge in [0.1, 0.15) is 5.60 Å². The lowest BCUT2D eigenvalue weighted by atomic mass is 9.92. The van der Waals surface area contributed by atoms with Gasteiger partial charge in [-0.2, -0.15) is 0 Å². The molecule has 0 unspecified atom stereocenters. The SMILES string of the molecule is CC(C)(C)OC(=O)n1c(Cc2ccccc2)ccc1C(C)(C)C. The minimum absolute atomic E-state index is 0.133. The predicted octanol–water partition coefficient (Wildman–Crippen LogP) is 5.16. The Morgan fingerprint density at radius 1 is 0.957 bits per heavy atom. The van der Waals surface area contributed by atoms with Crippen LogP contribution in [0.5, 0.6) is 0 Å². The molecule has 3 nitrogen and oxygen atoms in total. The van der Waals surface area contributed by atoms with E-state index in [1.54, 1.807) is 4.57 Å². The van der Waals surface area contributed by atoms with Crippen molar-refractivity contribution < 1.29 is 9.53 Å². The number of carbonyl (C=O) groups is 1. The lowest BCUT2D eigenvalue weighted by Gasteiger charge is -2.25.